The lowest BCUT2D eigenvalue weighted by Gasteiger charge is -2.28. The van der Waals surface area contributed by atoms with Gasteiger partial charge in [-0.3, -0.25) is 4.79 Å². The number of carbonyl (C=O) groups excluding carboxylic acids is 1. The summed E-state index contributed by atoms with van der Waals surface area (Å²) in [5.74, 6) is 0.577. The number of nitrogens with one attached hydrogen (secondary N) is 1. The molecule has 0 bridgehead atoms. The summed E-state index contributed by atoms with van der Waals surface area (Å²) in [6.07, 6.45) is 5.46. The lowest BCUT2D eigenvalue weighted by Crippen LogP contribution is -2.32. The molecule has 3 aromatic heterocycles. The molecule has 0 saturated heterocycles. The van der Waals surface area contributed by atoms with Crippen LogP contribution in [-0.4, -0.2) is 32.3 Å². The van der Waals surface area contributed by atoms with Crippen LogP contribution < -0.4 is 0 Å². The number of H-pyrrole nitrogens is 1. The Morgan fingerprint density at radius 1 is 1.24 bits per heavy atom. The zero-order chi connectivity index (χ0) is 23.1. The Balaban J connectivity index is 1.27. The minimum atomic E-state index is -0.0199. The van der Waals surface area contributed by atoms with E-state index in [0.717, 1.165) is 41.2 Å². The minimum absolute atomic E-state index is 0.0199. The maximum Gasteiger partial charge on any atom is 0.253 e. The molecular weight excluding hydrogens is 481 g/mol. The molecule has 2 aliphatic rings. The van der Waals surface area contributed by atoms with Crippen molar-refractivity contribution in [3.8, 4) is 0 Å². The van der Waals surface area contributed by atoms with Gasteiger partial charge in [0.1, 0.15) is 0 Å². The molecule has 0 radical (unpaired) electrons. The smallest absolute Gasteiger partial charge is 0.253 e. The van der Waals surface area contributed by atoms with Crippen LogP contribution in [0.25, 0.3) is 17.1 Å². The van der Waals surface area contributed by atoms with E-state index in [1.54, 1.807) is 27.7 Å². The van der Waals surface area contributed by atoms with Gasteiger partial charge in [-0.2, -0.15) is 5.10 Å². The molecule has 0 unspecified atom stereocenters. The first-order chi connectivity index (χ1) is 16.7. The molecule has 4 heterocycles. The Hall–Kier alpha value is -2.68. The van der Waals surface area contributed by atoms with Gasteiger partial charge in [-0.05, 0) is 78.4 Å². The van der Waals surface area contributed by atoms with Gasteiger partial charge >= 0.3 is 0 Å². The van der Waals surface area contributed by atoms with Crippen molar-refractivity contribution in [3.63, 3.8) is 0 Å². The fourth-order valence-corrected chi connectivity index (χ4v) is 7.15. The number of nitrogens with zero attached hydrogens (tertiary/aromatic N) is 3. The van der Waals surface area contributed by atoms with Gasteiger partial charge < -0.3 is 4.98 Å². The predicted molar refractivity (Wildman–Crippen MR) is 143 cm³/mol. The number of hydrogen-bond acceptors (Lipinski definition) is 6. The van der Waals surface area contributed by atoms with Crippen LogP contribution in [0.3, 0.4) is 0 Å². The number of hydrogen-bond donors (Lipinski definition) is 1. The van der Waals surface area contributed by atoms with E-state index in [1.165, 1.54) is 32.7 Å². The molecule has 1 aromatic carbocycles. The molecule has 5 nitrogen and oxygen atoms in total. The van der Waals surface area contributed by atoms with Crippen LogP contribution in [0.2, 0.25) is 0 Å². The number of aromatic amines is 1. The number of aryl methyl sites for hydroxylation is 1. The van der Waals surface area contributed by atoms with Gasteiger partial charge in [0.15, 0.2) is 5.16 Å². The third kappa shape index (κ3) is 4.15. The van der Waals surface area contributed by atoms with E-state index in [2.05, 4.69) is 70.1 Å². The second-order valence-corrected chi connectivity index (χ2v) is 11.6. The third-order valence-corrected chi connectivity index (χ3v) is 9.02. The van der Waals surface area contributed by atoms with Crippen molar-refractivity contribution in [1.29, 1.82) is 0 Å². The quantitative estimate of drug-likeness (QED) is 0.300. The fourth-order valence-electron chi connectivity index (χ4n) is 4.85. The van der Waals surface area contributed by atoms with Crippen molar-refractivity contribution in [2.24, 2.45) is 11.0 Å². The zero-order valence-corrected chi connectivity index (χ0v) is 21.2. The SMILES string of the molecule is Cc1ccc2nc(SCC(=O)N3N=C4/C(=C\c5cccs5)CCC[C@@H]4[C@@H]3c3cccs3)[nH]c2c1. The van der Waals surface area contributed by atoms with Crippen LogP contribution in [0.1, 0.15) is 40.6 Å². The molecule has 6 rings (SSSR count). The molecule has 1 fully saturated rings. The highest BCUT2D eigenvalue weighted by Crippen LogP contribution is 2.46. The second kappa shape index (κ2) is 9.17. The van der Waals surface area contributed by atoms with Gasteiger partial charge in [0.05, 0.1) is 28.5 Å². The Morgan fingerprint density at radius 3 is 2.94 bits per heavy atom. The summed E-state index contributed by atoms with van der Waals surface area (Å²) >= 11 is 4.90. The second-order valence-electron chi connectivity index (χ2n) is 8.72. The Morgan fingerprint density at radius 2 is 2.12 bits per heavy atom. The van der Waals surface area contributed by atoms with Gasteiger partial charge in [0, 0.05) is 15.7 Å². The van der Waals surface area contributed by atoms with Crippen LogP contribution in [-0.2, 0) is 4.79 Å². The highest BCUT2D eigenvalue weighted by Gasteiger charge is 2.44. The van der Waals surface area contributed by atoms with Crippen molar-refractivity contribution in [1.82, 2.24) is 15.0 Å². The number of benzene rings is 1. The number of aromatic nitrogens is 2. The van der Waals surface area contributed by atoms with Crippen LogP contribution in [0, 0.1) is 12.8 Å². The normalized spacial score (nSPS) is 21.3. The number of thioether (sulfide) groups is 1. The van der Waals surface area contributed by atoms with E-state index >= 15 is 0 Å². The summed E-state index contributed by atoms with van der Waals surface area (Å²) in [5, 5.41) is 11.7. The van der Waals surface area contributed by atoms with E-state index in [1.807, 2.05) is 6.07 Å². The third-order valence-electron chi connectivity index (χ3n) is 6.40. The summed E-state index contributed by atoms with van der Waals surface area (Å²) in [6, 6.07) is 14.6. The van der Waals surface area contributed by atoms with E-state index < -0.39 is 0 Å². The summed E-state index contributed by atoms with van der Waals surface area (Å²) in [6.45, 7) is 2.06. The topological polar surface area (TPSA) is 61.4 Å². The lowest BCUT2D eigenvalue weighted by atomic mass is 9.79. The molecule has 1 saturated carbocycles. The van der Waals surface area contributed by atoms with Crippen LogP contribution in [0.4, 0.5) is 0 Å². The molecule has 8 heteroatoms. The summed E-state index contributed by atoms with van der Waals surface area (Å²) in [7, 11) is 0. The molecular formula is C26H24N4OS3. The highest BCUT2D eigenvalue weighted by atomic mass is 32.2. The van der Waals surface area contributed by atoms with E-state index in [4.69, 9.17) is 5.10 Å². The first-order valence-electron chi connectivity index (χ1n) is 11.4. The fraction of sp³-hybridized carbons (Fsp3) is 0.269. The Bertz CT molecular complexity index is 1380. The molecule has 1 N–H and O–H groups in total. The van der Waals surface area contributed by atoms with Gasteiger partial charge in [-0.1, -0.05) is 30.0 Å². The van der Waals surface area contributed by atoms with E-state index in [-0.39, 0.29) is 17.9 Å². The Labute approximate surface area is 210 Å². The Kier molecular flexibility index (Phi) is 5.89. The summed E-state index contributed by atoms with van der Waals surface area (Å²) in [4.78, 5) is 23.9. The number of allylic oxidation sites excluding steroid dienone is 1. The first kappa shape index (κ1) is 21.8. The first-order valence-corrected chi connectivity index (χ1v) is 14.2. The van der Waals surface area contributed by atoms with Crippen molar-refractivity contribution in [2.75, 3.05) is 5.75 Å². The van der Waals surface area contributed by atoms with Crippen LogP contribution >= 0.6 is 34.4 Å². The molecule has 1 aliphatic heterocycles. The predicted octanol–water partition coefficient (Wildman–Crippen LogP) is 6.91. The molecule has 2 atom stereocenters. The largest absolute Gasteiger partial charge is 0.333 e. The number of rotatable bonds is 5. The van der Waals surface area contributed by atoms with Crippen molar-refractivity contribution >= 4 is 63.2 Å². The minimum Gasteiger partial charge on any atom is -0.333 e. The van der Waals surface area contributed by atoms with Crippen molar-refractivity contribution in [2.45, 2.75) is 37.4 Å². The molecule has 172 valence electrons. The number of imidazole rings is 1. The van der Waals surface area contributed by atoms with E-state index in [9.17, 15) is 4.79 Å². The average molecular weight is 505 g/mol. The number of hydrazone groups is 1. The van der Waals surface area contributed by atoms with Crippen LogP contribution in [0.5, 0.6) is 0 Å². The highest BCUT2D eigenvalue weighted by molar-refractivity contribution is 7.99. The molecule has 1 amide bonds. The standard InChI is InChI=1S/C26H24N4OS3/c1-16-9-10-20-21(13-16)28-26(27-20)34-15-23(31)30-25(22-8-4-12-33-22)19-7-2-5-17(24(19)29-30)14-18-6-3-11-32-18/h3-4,6,8-14,19,25H,2,5,7,15H2,1H3,(H,27,28)/b17-14-/t19-,25+/m0/s1. The van der Waals surface area contributed by atoms with E-state index in [0.29, 0.717) is 5.75 Å². The molecule has 34 heavy (non-hydrogen) atoms. The number of carbonyl (C=O) groups is 1. The van der Waals surface area contributed by atoms with Gasteiger partial charge in [0.2, 0.25) is 0 Å². The maximum absolute atomic E-state index is 13.5. The zero-order valence-electron chi connectivity index (χ0n) is 18.7. The molecule has 4 aromatic rings. The van der Waals surface area contributed by atoms with Crippen LogP contribution in [0.15, 0.2) is 69.1 Å². The maximum atomic E-state index is 13.5. The van der Waals surface area contributed by atoms with Gasteiger partial charge in [-0.25, -0.2) is 9.99 Å². The number of thiophene rings is 2. The molecule has 0 spiro atoms. The number of fused-ring (bicyclic) bond motifs is 2. The van der Waals surface area contributed by atoms with Crippen molar-refractivity contribution < 1.29 is 4.79 Å². The average Bonchev–Trinajstić information content (AvgIpc) is 3.63. The monoisotopic (exact) mass is 504 g/mol. The van der Waals surface area contributed by atoms with Gasteiger partial charge in [0.25, 0.3) is 5.91 Å². The molecule has 1 aliphatic carbocycles. The number of amides is 1. The lowest BCUT2D eigenvalue weighted by molar-refractivity contribution is -0.130. The van der Waals surface area contributed by atoms with Crippen molar-refractivity contribution in [3.05, 3.63) is 74.1 Å². The van der Waals surface area contributed by atoms with Gasteiger partial charge in [-0.15, -0.1) is 22.7 Å². The summed E-state index contributed by atoms with van der Waals surface area (Å²) < 4.78 is 0. The summed E-state index contributed by atoms with van der Waals surface area (Å²) in [5.41, 5.74) is 5.48.